The Morgan fingerprint density at radius 3 is 0.424 bits per heavy atom. The SMILES string of the molecule is C[Si]1(C)O[Si](C)(C)O[Si](c2ccccc2)(c2ccccc2)O[Si](C)(C)O[Si](C)(C)O[Si](c2ccccc2)(c2ccccc2)O[Si](C)(C)O[Si](C)(C)O[Si](c2ccccc2)(c2ccccc2)O1. The van der Waals surface area contributed by atoms with Crippen molar-refractivity contribution in [1.29, 1.82) is 0 Å². The Morgan fingerprint density at radius 2 is 0.303 bits per heavy atom. The lowest BCUT2D eigenvalue weighted by Crippen LogP contribution is -2.76. The quantitative estimate of drug-likeness (QED) is 0.154. The molecular formula is C48H66O9Si9. The molecule has 7 rings (SSSR count). The predicted octanol–water partition coefficient (Wildman–Crippen LogP) is 8.13. The van der Waals surface area contributed by atoms with Gasteiger partial charge in [0.1, 0.15) is 0 Å². The van der Waals surface area contributed by atoms with Crippen LogP contribution in [-0.2, 0) is 37.0 Å². The molecule has 0 aromatic heterocycles. The molecule has 0 bridgehead atoms. The third-order valence-corrected chi connectivity index (χ3v) is 47.8. The lowest BCUT2D eigenvalue weighted by atomic mass is 10.4. The molecule has 0 spiro atoms. The molecule has 6 aromatic carbocycles. The summed E-state index contributed by atoms with van der Waals surface area (Å²) >= 11 is 0. The normalized spacial score (nSPS) is 22.2. The van der Waals surface area contributed by atoms with E-state index in [2.05, 4.69) is 151 Å². The van der Waals surface area contributed by atoms with E-state index in [1.807, 2.05) is 109 Å². The average Bonchev–Trinajstić information content (AvgIpc) is 3.25. The van der Waals surface area contributed by atoms with Gasteiger partial charge in [0.05, 0.1) is 0 Å². The van der Waals surface area contributed by atoms with E-state index in [0.717, 1.165) is 31.1 Å². The second kappa shape index (κ2) is 19.7. The molecule has 1 heterocycles. The summed E-state index contributed by atoms with van der Waals surface area (Å²) in [7, 11) is -30.5. The number of rotatable bonds is 6. The first-order valence-corrected chi connectivity index (χ1v) is 45.0. The van der Waals surface area contributed by atoms with E-state index in [1.54, 1.807) is 0 Å². The molecule has 1 fully saturated rings. The molecule has 0 radical (unpaired) electrons. The zero-order valence-corrected chi connectivity index (χ0v) is 49.5. The van der Waals surface area contributed by atoms with Gasteiger partial charge in [0.25, 0.3) is 0 Å². The van der Waals surface area contributed by atoms with Gasteiger partial charge in [0, 0.05) is 0 Å². The molecule has 1 aliphatic rings. The minimum Gasteiger partial charge on any atom is -0.416 e. The van der Waals surface area contributed by atoms with Crippen molar-refractivity contribution >= 4 is 108 Å². The predicted molar refractivity (Wildman–Crippen MR) is 288 cm³/mol. The van der Waals surface area contributed by atoms with E-state index in [0.29, 0.717) is 0 Å². The number of hydrogen-bond acceptors (Lipinski definition) is 9. The van der Waals surface area contributed by atoms with Crippen molar-refractivity contribution in [2.24, 2.45) is 0 Å². The van der Waals surface area contributed by atoms with Crippen molar-refractivity contribution in [2.45, 2.75) is 78.6 Å². The molecule has 0 saturated carbocycles. The summed E-state index contributed by atoms with van der Waals surface area (Å²) in [5.41, 5.74) is 0. The largest absolute Gasteiger partial charge is 0.416 e. The maximum atomic E-state index is 7.78. The van der Waals surface area contributed by atoms with Gasteiger partial charge in [0.2, 0.25) is 0 Å². The summed E-state index contributed by atoms with van der Waals surface area (Å²) < 4.78 is 69.1. The zero-order chi connectivity index (χ0) is 47.5. The van der Waals surface area contributed by atoms with E-state index in [1.165, 1.54) is 0 Å². The van der Waals surface area contributed by atoms with E-state index < -0.39 is 77.0 Å². The Bertz CT molecular complexity index is 2040. The van der Waals surface area contributed by atoms with Crippen LogP contribution in [0.25, 0.3) is 0 Å². The van der Waals surface area contributed by atoms with Crippen LogP contribution in [0, 0.1) is 0 Å². The first-order valence-electron chi connectivity index (χ1n) is 22.6. The number of benzene rings is 6. The third kappa shape index (κ3) is 12.0. The van der Waals surface area contributed by atoms with Crippen LogP contribution in [0.2, 0.25) is 78.6 Å². The minimum absolute atomic E-state index is 0.957. The Hall–Kier alpha value is -3.09. The maximum absolute atomic E-state index is 7.78. The van der Waals surface area contributed by atoms with Gasteiger partial charge in [-0.15, -0.1) is 0 Å². The van der Waals surface area contributed by atoms with Crippen LogP contribution >= 0.6 is 0 Å². The highest BCUT2D eigenvalue weighted by Gasteiger charge is 2.60. The van der Waals surface area contributed by atoms with E-state index >= 15 is 0 Å². The van der Waals surface area contributed by atoms with Gasteiger partial charge in [0.15, 0.2) is 0 Å². The Labute approximate surface area is 403 Å². The molecule has 1 saturated heterocycles. The van der Waals surface area contributed by atoms with Crippen LogP contribution in [0.15, 0.2) is 182 Å². The van der Waals surface area contributed by atoms with Crippen LogP contribution < -0.4 is 31.1 Å². The summed E-state index contributed by atoms with van der Waals surface area (Å²) in [6.45, 7) is 25.3. The highest BCUT2D eigenvalue weighted by molar-refractivity contribution is 7.06. The molecule has 0 aliphatic carbocycles. The van der Waals surface area contributed by atoms with Crippen molar-refractivity contribution in [1.82, 2.24) is 0 Å². The maximum Gasteiger partial charge on any atom is 0.389 e. The Kier molecular flexibility index (Phi) is 15.2. The van der Waals surface area contributed by atoms with Crippen molar-refractivity contribution < 1.29 is 37.0 Å². The van der Waals surface area contributed by atoms with Gasteiger partial charge < -0.3 is 37.0 Å². The first-order chi connectivity index (χ1) is 31.0. The second-order valence-corrected chi connectivity index (χ2v) is 50.7. The molecule has 0 atom stereocenters. The zero-order valence-electron chi connectivity index (χ0n) is 40.5. The third-order valence-electron chi connectivity index (χ3n) is 10.7. The highest BCUT2D eigenvalue weighted by Crippen LogP contribution is 2.33. The van der Waals surface area contributed by atoms with Crippen LogP contribution in [0.1, 0.15) is 0 Å². The molecule has 348 valence electrons. The summed E-state index contributed by atoms with van der Waals surface area (Å²) in [6.07, 6.45) is 0. The highest BCUT2D eigenvalue weighted by atomic mass is 28.5. The van der Waals surface area contributed by atoms with E-state index in [9.17, 15) is 0 Å². The van der Waals surface area contributed by atoms with Crippen LogP contribution in [0.4, 0.5) is 0 Å². The number of hydrogen-bond donors (Lipinski definition) is 0. The van der Waals surface area contributed by atoms with Crippen LogP contribution in [0.3, 0.4) is 0 Å². The lowest BCUT2D eigenvalue weighted by Gasteiger charge is -2.49. The molecule has 66 heavy (non-hydrogen) atoms. The fourth-order valence-electron chi connectivity index (χ4n) is 9.19. The van der Waals surface area contributed by atoms with Crippen molar-refractivity contribution in [3.8, 4) is 0 Å². The van der Waals surface area contributed by atoms with Crippen molar-refractivity contribution in [2.75, 3.05) is 0 Å². The van der Waals surface area contributed by atoms with Gasteiger partial charge >= 0.3 is 77.0 Å². The Morgan fingerprint density at radius 1 is 0.182 bits per heavy atom. The fourth-order valence-corrected chi connectivity index (χ4v) is 55.3. The molecule has 1 aliphatic heterocycles. The standard InChI is InChI=1S/C48H66O9Si9/c1-58(2)49-59(3,4)53-65(45-35-23-15-24-36-45,46-37-25-16-26-38-46)55-62(9,10)51-63(11,12)57-66(47-39-27-17-28-40-47,48-41-29-18-30-42-48)56-61(7,8)50-60(5,6)54-64(52-58,43-31-19-13-20-32-43)44-33-21-14-22-34-44/h13-42H,1-12H3. The van der Waals surface area contributed by atoms with Gasteiger partial charge in [-0.3, -0.25) is 0 Å². The summed E-state index contributed by atoms with van der Waals surface area (Å²) in [6, 6.07) is 62.1. The summed E-state index contributed by atoms with van der Waals surface area (Å²) in [5.74, 6) is 0. The Balaban J connectivity index is 1.50. The molecular weight excluding hydrogens is 973 g/mol. The van der Waals surface area contributed by atoms with Crippen molar-refractivity contribution in [3.05, 3.63) is 182 Å². The van der Waals surface area contributed by atoms with Gasteiger partial charge in [-0.05, 0) is 110 Å². The van der Waals surface area contributed by atoms with Gasteiger partial charge in [-0.1, -0.05) is 182 Å². The summed E-state index contributed by atoms with van der Waals surface area (Å²) in [5, 5.41) is 5.74. The molecule has 18 heteroatoms. The molecule has 0 amide bonds. The second-order valence-electron chi connectivity index (χ2n) is 19.4. The topological polar surface area (TPSA) is 83.1 Å². The molecule has 0 N–H and O–H groups in total. The summed E-state index contributed by atoms with van der Waals surface area (Å²) in [4.78, 5) is 0. The molecule has 9 nitrogen and oxygen atoms in total. The van der Waals surface area contributed by atoms with Crippen LogP contribution in [-0.4, -0.2) is 77.0 Å². The van der Waals surface area contributed by atoms with E-state index in [-0.39, 0.29) is 0 Å². The van der Waals surface area contributed by atoms with Crippen molar-refractivity contribution in [3.63, 3.8) is 0 Å². The first kappa shape index (κ1) is 50.8. The average molecular weight is 1040 g/mol. The lowest BCUT2D eigenvalue weighted by molar-refractivity contribution is 0.251. The fraction of sp³-hybridized carbons (Fsp3) is 0.250. The monoisotopic (exact) mass is 1040 g/mol. The van der Waals surface area contributed by atoms with Crippen LogP contribution in [0.5, 0.6) is 0 Å². The van der Waals surface area contributed by atoms with E-state index in [4.69, 9.17) is 37.0 Å². The molecule has 0 unspecified atom stereocenters. The molecule has 6 aromatic rings. The smallest absolute Gasteiger partial charge is 0.389 e. The minimum atomic E-state index is -3.69. The van der Waals surface area contributed by atoms with Gasteiger partial charge in [-0.2, -0.15) is 0 Å². The van der Waals surface area contributed by atoms with Gasteiger partial charge in [-0.25, -0.2) is 0 Å².